The van der Waals surface area contributed by atoms with E-state index in [2.05, 4.69) is 0 Å². The quantitative estimate of drug-likeness (QED) is 0.131. The molecule has 14 heteroatoms. The van der Waals surface area contributed by atoms with Gasteiger partial charge in [-0.3, -0.25) is 14.4 Å². The van der Waals surface area contributed by atoms with Gasteiger partial charge in [0.05, 0.1) is 0 Å². The van der Waals surface area contributed by atoms with E-state index in [1.54, 1.807) is 18.8 Å². The van der Waals surface area contributed by atoms with E-state index in [0.717, 1.165) is 0 Å². The predicted octanol–water partition coefficient (Wildman–Crippen LogP) is 4.31. The largest absolute Gasteiger partial charge is 0.645 e. The van der Waals surface area contributed by atoms with Crippen molar-refractivity contribution in [2.75, 3.05) is 36.0 Å². The van der Waals surface area contributed by atoms with Gasteiger partial charge in [0.15, 0.2) is 17.3 Å². The van der Waals surface area contributed by atoms with Gasteiger partial charge in [0.1, 0.15) is 18.8 Å². The molecular formula is C18H27O10PS3. The summed E-state index contributed by atoms with van der Waals surface area (Å²) in [6.07, 6.45) is 6.49. The molecule has 32 heavy (non-hydrogen) atoms. The molecule has 0 aliphatic heterocycles. The van der Waals surface area contributed by atoms with Crippen LogP contribution in [-0.4, -0.2) is 68.7 Å². The molecule has 10 nitrogen and oxygen atoms in total. The number of thioether (sulfide) groups is 3. The lowest BCUT2D eigenvalue weighted by Crippen LogP contribution is -2.06. The number of Topliss-reactive ketones (excluding diaryl/α,β-unsaturated/α-hetero) is 3. The normalized spacial score (nSPS) is 12.9. The average Bonchev–Trinajstić information content (AvgIpc) is 2.79. The molecule has 0 aliphatic rings. The lowest BCUT2D eigenvalue weighted by Gasteiger charge is -2.14. The lowest BCUT2D eigenvalue weighted by atomic mass is 10.3. The topological polar surface area (TPSA) is 157 Å². The van der Waals surface area contributed by atoms with Crippen molar-refractivity contribution in [2.45, 2.75) is 19.3 Å². The first-order valence-corrected chi connectivity index (χ1v) is 14.6. The Kier molecular flexibility index (Phi) is 16.0. The van der Waals surface area contributed by atoms with Crippen molar-refractivity contribution in [3.8, 4) is 0 Å². The molecule has 0 amide bonds. The number of carbonyl (C=O) groups excluding carboxylic acids is 3. The van der Waals surface area contributed by atoms with Gasteiger partial charge in [-0.15, -0.1) is 0 Å². The van der Waals surface area contributed by atoms with Crippen molar-refractivity contribution in [1.82, 2.24) is 0 Å². The molecule has 0 rings (SSSR count). The first kappa shape index (κ1) is 30.3. The summed E-state index contributed by atoms with van der Waals surface area (Å²) in [5.41, 5.74) is 0. The third-order valence-electron chi connectivity index (χ3n) is 3.34. The van der Waals surface area contributed by atoms with Gasteiger partial charge < -0.3 is 28.9 Å². The van der Waals surface area contributed by atoms with E-state index in [9.17, 15) is 34.3 Å². The maximum absolute atomic E-state index is 12.8. The first-order valence-electron chi connectivity index (χ1n) is 8.99. The highest BCUT2D eigenvalue weighted by molar-refractivity contribution is 7.99. The molecule has 0 aromatic carbocycles. The minimum absolute atomic E-state index is 0.0197. The van der Waals surface area contributed by atoms with Gasteiger partial charge in [-0.2, -0.15) is 39.9 Å². The van der Waals surface area contributed by atoms with Gasteiger partial charge in [-0.05, 0) is 18.8 Å². The molecule has 0 saturated carbocycles. The van der Waals surface area contributed by atoms with E-state index in [1.165, 1.54) is 35.3 Å². The van der Waals surface area contributed by atoms with Crippen LogP contribution in [0.15, 0.2) is 36.1 Å². The van der Waals surface area contributed by atoms with E-state index in [-0.39, 0.29) is 19.3 Å². The summed E-state index contributed by atoms with van der Waals surface area (Å²) in [6.45, 7) is 0. The fraction of sp³-hybridized carbons (Fsp3) is 0.500. The summed E-state index contributed by atoms with van der Waals surface area (Å²) in [5, 5.41) is 29.2. The Balaban J connectivity index is 5.52. The van der Waals surface area contributed by atoms with E-state index >= 15 is 0 Å². The van der Waals surface area contributed by atoms with E-state index in [1.807, 2.05) is 0 Å². The number of aliphatic hydroxyl groups excluding tert-OH is 3. The zero-order valence-corrected chi connectivity index (χ0v) is 21.2. The molecule has 0 aliphatic carbocycles. The van der Waals surface area contributed by atoms with Gasteiger partial charge in [0.25, 0.3) is 0 Å². The monoisotopic (exact) mass is 530 g/mol. The van der Waals surface area contributed by atoms with Gasteiger partial charge in [0, 0.05) is 36.5 Å². The standard InChI is InChI=1S/C18H27O10PS3/c1-30-7-4-13(19)16(22)10-26-29(25,27-11-17(23)14(20)5-8-31-2)28-12-18(24)15(21)6-9-32-3/h10-12,22-24H,4-9H2,1-3H3/b16-10-,17-11-,18-12-. The third kappa shape index (κ3) is 13.0. The highest BCUT2D eigenvalue weighted by atomic mass is 32.2. The molecule has 0 fully saturated rings. The van der Waals surface area contributed by atoms with E-state index in [4.69, 9.17) is 13.6 Å². The number of hydrogen-bond donors (Lipinski definition) is 3. The van der Waals surface area contributed by atoms with Gasteiger partial charge in [0.2, 0.25) is 17.3 Å². The number of ketones is 3. The third-order valence-corrected chi connectivity index (χ3v) is 6.27. The summed E-state index contributed by atoms with van der Waals surface area (Å²) in [5.74, 6) is -3.48. The molecule has 0 saturated heterocycles. The number of allylic oxidation sites excluding steroid dienone is 3. The Hall–Kier alpha value is -1.69. The molecule has 0 aromatic rings. The molecule has 3 N–H and O–H groups in total. The average molecular weight is 531 g/mol. The second-order valence-electron chi connectivity index (χ2n) is 5.77. The van der Waals surface area contributed by atoms with E-state index < -0.39 is 42.4 Å². The fourth-order valence-corrected chi connectivity index (χ4v) is 3.59. The van der Waals surface area contributed by atoms with Crippen LogP contribution in [0.3, 0.4) is 0 Å². The van der Waals surface area contributed by atoms with Crippen LogP contribution in [0.25, 0.3) is 0 Å². The fourth-order valence-electron chi connectivity index (χ4n) is 1.58. The van der Waals surface area contributed by atoms with Crippen LogP contribution in [0.4, 0.5) is 0 Å². The summed E-state index contributed by atoms with van der Waals surface area (Å²) >= 11 is 4.10. The highest BCUT2D eigenvalue weighted by Gasteiger charge is 2.30. The van der Waals surface area contributed by atoms with Crippen molar-refractivity contribution in [3.63, 3.8) is 0 Å². The van der Waals surface area contributed by atoms with Crippen LogP contribution in [0.1, 0.15) is 19.3 Å². The molecular weight excluding hydrogens is 503 g/mol. The molecule has 0 aromatic heterocycles. The molecule has 182 valence electrons. The number of hydrogen-bond acceptors (Lipinski definition) is 13. The van der Waals surface area contributed by atoms with Crippen LogP contribution in [0.2, 0.25) is 0 Å². The Morgan fingerprint density at radius 3 is 1.12 bits per heavy atom. The van der Waals surface area contributed by atoms with Gasteiger partial charge in [-0.25, -0.2) is 0 Å². The summed E-state index contributed by atoms with van der Waals surface area (Å²) < 4.78 is 27.0. The highest BCUT2D eigenvalue weighted by Crippen LogP contribution is 2.51. The number of phosphoric ester groups is 1. The minimum atomic E-state index is -4.76. The Bertz CT molecular complexity index is 679. The van der Waals surface area contributed by atoms with Crippen LogP contribution in [-0.2, 0) is 32.5 Å². The van der Waals surface area contributed by atoms with Crippen molar-refractivity contribution >= 4 is 60.5 Å². The molecule has 0 atom stereocenters. The minimum Gasteiger partial charge on any atom is -0.502 e. The Morgan fingerprint density at radius 1 is 0.656 bits per heavy atom. The summed E-state index contributed by atoms with van der Waals surface area (Å²) in [7, 11) is -4.76. The summed E-state index contributed by atoms with van der Waals surface area (Å²) in [6, 6.07) is 0. The molecule has 0 radical (unpaired) electrons. The van der Waals surface area contributed by atoms with Crippen molar-refractivity contribution < 1.29 is 47.8 Å². The van der Waals surface area contributed by atoms with E-state index in [0.29, 0.717) is 36.0 Å². The summed E-state index contributed by atoms with van der Waals surface area (Å²) in [4.78, 5) is 35.3. The van der Waals surface area contributed by atoms with Crippen molar-refractivity contribution in [2.24, 2.45) is 0 Å². The van der Waals surface area contributed by atoms with Crippen molar-refractivity contribution in [3.05, 3.63) is 36.1 Å². The zero-order valence-electron chi connectivity index (χ0n) is 17.8. The Labute approximate surface area is 199 Å². The molecule has 0 spiro atoms. The predicted molar refractivity (Wildman–Crippen MR) is 127 cm³/mol. The zero-order chi connectivity index (χ0) is 24.6. The second-order valence-corrected chi connectivity index (χ2v) is 10.3. The number of rotatable bonds is 18. The smallest absolute Gasteiger partial charge is 0.502 e. The van der Waals surface area contributed by atoms with Crippen LogP contribution in [0.5, 0.6) is 0 Å². The molecule has 0 unspecified atom stereocenters. The maximum atomic E-state index is 12.8. The van der Waals surface area contributed by atoms with Crippen LogP contribution >= 0.6 is 43.1 Å². The maximum Gasteiger partial charge on any atom is 0.645 e. The second kappa shape index (κ2) is 16.9. The molecule has 0 bridgehead atoms. The number of phosphoric acid groups is 1. The number of carbonyl (C=O) groups is 3. The van der Waals surface area contributed by atoms with Gasteiger partial charge >= 0.3 is 7.82 Å². The number of aliphatic hydroxyl groups is 3. The Morgan fingerprint density at radius 2 is 0.906 bits per heavy atom. The van der Waals surface area contributed by atoms with Crippen molar-refractivity contribution in [1.29, 1.82) is 0 Å². The first-order chi connectivity index (χ1) is 15.1. The lowest BCUT2D eigenvalue weighted by molar-refractivity contribution is -0.118. The van der Waals surface area contributed by atoms with Gasteiger partial charge in [-0.1, -0.05) is 0 Å². The molecule has 0 heterocycles. The SMILES string of the molecule is CSCCC(=O)/C(O)=C/OP(=O)(O/C=C(\O)C(=O)CCSC)O/C=C(\O)C(=O)CCSC. The van der Waals surface area contributed by atoms with Crippen LogP contribution in [0, 0.1) is 0 Å². The van der Waals surface area contributed by atoms with Crippen LogP contribution < -0.4 is 0 Å².